The van der Waals surface area contributed by atoms with Crippen LogP contribution in [0.5, 0.6) is 11.5 Å². The number of rotatable bonds is 10. The summed E-state index contributed by atoms with van der Waals surface area (Å²) in [5, 5.41) is 4.13. The van der Waals surface area contributed by atoms with Gasteiger partial charge in [0.1, 0.15) is 11.5 Å². The molecular formula is C35H47O2P. The first-order chi connectivity index (χ1) is 18.7. The largest absolute Gasteiger partial charge is 0.496 e. The van der Waals surface area contributed by atoms with Crippen LogP contribution in [-0.4, -0.2) is 25.0 Å². The fraction of sp³-hybridized carbons (Fsp3) is 0.543. The molecule has 204 valence electrons. The first-order valence-electron chi connectivity index (χ1n) is 15.3. The maximum atomic E-state index is 6.52. The van der Waals surface area contributed by atoms with Crippen LogP contribution in [-0.2, 0) is 0 Å². The van der Waals surface area contributed by atoms with Gasteiger partial charge in [-0.25, -0.2) is 0 Å². The Hall–Kier alpha value is -2.05. The smallest absolute Gasteiger partial charge is 0.127 e. The molecule has 0 saturated heterocycles. The van der Waals surface area contributed by atoms with E-state index < -0.39 is 0 Å². The van der Waals surface area contributed by atoms with Gasteiger partial charge in [0.25, 0.3) is 0 Å². The second-order valence-electron chi connectivity index (χ2n) is 11.5. The summed E-state index contributed by atoms with van der Waals surface area (Å²) in [6.45, 7) is 5.41. The highest BCUT2D eigenvalue weighted by atomic mass is 31.1. The van der Waals surface area contributed by atoms with Crippen LogP contribution in [0, 0.1) is 6.92 Å². The van der Waals surface area contributed by atoms with Crippen LogP contribution < -0.4 is 14.8 Å². The monoisotopic (exact) mass is 530 g/mol. The summed E-state index contributed by atoms with van der Waals surface area (Å²) < 4.78 is 12.7. The van der Waals surface area contributed by atoms with Crippen molar-refractivity contribution in [2.45, 2.75) is 109 Å². The molecule has 2 aliphatic carbocycles. The van der Waals surface area contributed by atoms with Crippen molar-refractivity contribution >= 4 is 24.0 Å². The molecule has 2 nitrogen and oxygen atoms in total. The molecule has 5 rings (SSSR count). The van der Waals surface area contributed by atoms with Crippen LogP contribution in [0.2, 0.25) is 0 Å². The van der Waals surface area contributed by atoms with Gasteiger partial charge >= 0.3 is 0 Å². The lowest BCUT2D eigenvalue weighted by molar-refractivity contribution is 0.308. The Morgan fingerprint density at radius 3 is 2.08 bits per heavy atom. The molecule has 2 saturated carbocycles. The summed E-state index contributed by atoms with van der Waals surface area (Å²) >= 11 is 0. The van der Waals surface area contributed by atoms with Gasteiger partial charge in [-0.1, -0.05) is 103 Å². The van der Waals surface area contributed by atoms with E-state index in [1.54, 1.807) is 5.30 Å². The van der Waals surface area contributed by atoms with Gasteiger partial charge in [0.15, 0.2) is 0 Å². The van der Waals surface area contributed by atoms with Crippen molar-refractivity contribution in [3.8, 4) is 22.6 Å². The third-order valence-electron chi connectivity index (χ3n) is 8.97. The molecule has 0 heterocycles. The van der Waals surface area contributed by atoms with E-state index in [4.69, 9.17) is 9.47 Å². The molecule has 3 aromatic carbocycles. The van der Waals surface area contributed by atoms with Gasteiger partial charge in [0, 0.05) is 10.9 Å². The number of fused-ring (bicyclic) bond motifs is 1. The van der Waals surface area contributed by atoms with Crippen LogP contribution >= 0.6 is 7.92 Å². The van der Waals surface area contributed by atoms with E-state index in [9.17, 15) is 0 Å². The van der Waals surface area contributed by atoms with Crippen LogP contribution in [0.25, 0.3) is 21.9 Å². The van der Waals surface area contributed by atoms with Crippen LogP contribution in [0.1, 0.15) is 96.0 Å². The minimum atomic E-state index is -0.281. The zero-order valence-corrected chi connectivity index (χ0v) is 24.8. The Morgan fingerprint density at radius 2 is 1.42 bits per heavy atom. The maximum absolute atomic E-state index is 6.52. The van der Waals surface area contributed by atoms with Gasteiger partial charge < -0.3 is 9.47 Å². The highest BCUT2D eigenvalue weighted by Gasteiger charge is 2.35. The Kier molecular flexibility index (Phi) is 9.66. The number of methoxy groups -OCH3 is 1. The van der Waals surface area contributed by atoms with Crippen molar-refractivity contribution in [2.24, 2.45) is 0 Å². The van der Waals surface area contributed by atoms with Crippen molar-refractivity contribution in [3.05, 3.63) is 54.1 Å². The molecule has 0 bridgehead atoms. The van der Waals surface area contributed by atoms with Crippen molar-refractivity contribution in [1.29, 1.82) is 0 Å². The molecule has 0 unspecified atom stereocenters. The average molecular weight is 531 g/mol. The Balaban J connectivity index is 1.65. The molecule has 0 aromatic heterocycles. The second kappa shape index (κ2) is 13.3. The number of benzene rings is 3. The fourth-order valence-electron chi connectivity index (χ4n) is 7.00. The predicted octanol–water partition coefficient (Wildman–Crippen LogP) is 10.2. The highest BCUT2D eigenvalue weighted by Crippen LogP contribution is 2.57. The maximum Gasteiger partial charge on any atom is 0.127 e. The normalized spacial score (nSPS) is 17.3. The molecule has 0 radical (unpaired) electrons. The SMILES string of the molecule is CCCCCOc1ccc2ccccc2c1-c1ccc(OC)c(P(C2CCCCC2)C2CCCCC2)c1C. The van der Waals surface area contributed by atoms with Gasteiger partial charge in [-0.3, -0.25) is 0 Å². The lowest BCUT2D eigenvalue weighted by Crippen LogP contribution is -2.28. The summed E-state index contributed by atoms with van der Waals surface area (Å²) in [6, 6.07) is 17.8. The van der Waals surface area contributed by atoms with E-state index in [2.05, 4.69) is 62.4 Å². The van der Waals surface area contributed by atoms with Gasteiger partial charge in [0.05, 0.1) is 13.7 Å². The Morgan fingerprint density at radius 1 is 0.763 bits per heavy atom. The predicted molar refractivity (Wildman–Crippen MR) is 166 cm³/mol. The summed E-state index contributed by atoms with van der Waals surface area (Å²) in [7, 11) is 1.60. The number of hydrogen-bond donors (Lipinski definition) is 0. The number of hydrogen-bond acceptors (Lipinski definition) is 2. The Bertz CT molecular complexity index is 1170. The molecule has 2 aliphatic rings. The van der Waals surface area contributed by atoms with Crippen molar-refractivity contribution < 1.29 is 9.47 Å². The fourth-order valence-corrected chi connectivity index (χ4v) is 11.1. The standard InChI is InChI=1S/C35H47O2P/c1-4-5-14-25-37-32-23-21-27-15-12-13-20-31(27)34(32)30-22-24-33(36-3)35(26(30)2)38(28-16-8-6-9-17-28)29-18-10-7-11-19-29/h12-13,15,20-24,28-29H,4-11,14,16-19,25H2,1-3H3. The summed E-state index contributed by atoms with van der Waals surface area (Å²) in [5.74, 6) is 2.15. The molecule has 0 spiro atoms. The topological polar surface area (TPSA) is 18.5 Å². The minimum absolute atomic E-state index is 0.281. The second-order valence-corrected chi connectivity index (χ2v) is 14.2. The molecule has 3 aromatic rings. The summed E-state index contributed by atoms with van der Waals surface area (Å²) in [6.07, 6.45) is 17.5. The zero-order valence-electron chi connectivity index (χ0n) is 23.9. The van der Waals surface area contributed by atoms with Gasteiger partial charge in [-0.05, 0) is 84.4 Å². The quantitative estimate of drug-likeness (QED) is 0.192. The molecule has 0 N–H and O–H groups in total. The van der Waals surface area contributed by atoms with Crippen LogP contribution in [0.15, 0.2) is 48.5 Å². The highest BCUT2D eigenvalue weighted by molar-refractivity contribution is 7.67. The molecule has 3 heteroatoms. The van der Waals surface area contributed by atoms with E-state index >= 15 is 0 Å². The van der Waals surface area contributed by atoms with E-state index in [1.807, 2.05) is 7.11 Å². The van der Waals surface area contributed by atoms with Crippen molar-refractivity contribution in [3.63, 3.8) is 0 Å². The van der Waals surface area contributed by atoms with Crippen LogP contribution in [0.4, 0.5) is 0 Å². The van der Waals surface area contributed by atoms with E-state index in [-0.39, 0.29) is 7.92 Å². The third-order valence-corrected chi connectivity index (χ3v) is 12.7. The van der Waals surface area contributed by atoms with Gasteiger partial charge in [0.2, 0.25) is 0 Å². The zero-order chi connectivity index (χ0) is 26.3. The molecule has 38 heavy (non-hydrogen) atoms. The first kappa shape index (κ1) is 27.5. The van der Waals surface area contributed by atoms with Gasteiger partial charge in [-0.15, -0.1) is 0 Å². The lowest BCUT2D eigenvalue weighted by atomic mass is 9.94. The molecule has 2 fully saturated rings. The van der Waals surface area contributed by atoms with Gasteiger partial charge in [-0.2, -0.15) is 0 Å². The summed E-state index contributed by atoms with van der Waals surface area (Å²) in [5.41, 5.74) is 5.70. The van der Waals surface area contributed by atoms with Crippen molar-refractivity contribution in [2.75, 3.05) is 13.7 Å². The van der Waals surface area contributed by atoms with E-state index in [0.29, 0.717) is 0 Å². The lowest BCUT2D eigenvalue weighted by Gasteiger charge is -2.40. The van der Waals surface area contributed by atoms with E-state index in [0.717, 1.165) is 35.8 Å². The molecular weight excluding hydrogens is 483 g/mol. The van der Waals surface area contributed by atoms with E-state index in [1.165, 1.54) is 105 Å². The van der Waals surface area contributed by atoms with Crippen molar-refractivity contribution in [1.82, 2.24) is 0 Å². The Labute approximate surface area is 232 Å². The third kappa shape index (κ3) is 5.91. The first-order valence-corrected chi connectivity index (χ1v) is 16.8. The molecule has 0 amide bonds. The number of unbranched alkanes of at least 4 members (excludes halogenated alkanes) is 2. The molecule has 0 atom stereocenters. The minimum Gasteiger partial charge on any atom is -0.496 e. The van der Waals surface area contributed by atoms with Crippen LogP contribution in [0.3, 0.4) is 0 Å². The molecule has 0 aliphatic heterocycles. The average Bonchev–Trinajstić information content (AvgIpc) is 2.97. The number of ether oxygens (including phenoxy) is 2. The summed E-state index contributed by atoms with van der Waals surface area (Å²) in [4.78, 5) is 0.